The molecule has 1 atom stereocenters. The zero-order valence-electron chi connectivity index (χ0n) is 15.0. The molecule has 0 saturated heterocycles. The number of methoxy groups -OCH3 is 1. The topological polar surface area (TPSA) is 81.2 Å². The molecule has 2 rings (SSSR count). The molecule has 0 aliphatic carbocycles. The Labute approximate surface area is 158 Å². The van der Waals surface area contributed by atoms with E-state index in [9.17, 15) is 0 Å². The van der Waals surface area contributed by atoms with Crippen molar-refractivity contribution in [1.82, 2.24) is 4.98 Å². The van der Waals surface area contributed by atoms with Gasteiger partial charge in [-0.3, -0.25) is 4.98 Å². The summed E-state index contributed by atoms with van der Waals surface area (Å²) in [6.07, 6.45) is 2.58. The van der Waals surface area contributed by atoms with Crippen LogP contribution in [0, 0.1) is 5.41 Å². The van der Waals surface area contributed by atoms with Crippen LogP contribution in [0.2, 0.25) is 10.0 Å². The van der Waals surface area contributed by atoms with Gasteiger partial charge in [0.1, 0.15) is 6.10 Å². The average Bonchev–Trinajstić information content (AvgIpc) is 2.57. The third-order valence-electron chi connectivity index (χ3n) is 3.34. The van der Waals surface area contributed by atoms with E-state index in [0.717, 1.165) is 0 Å². The van der Waals surface area contributed by atoms with Crippen LogP contribution >= 0.6 is 23.2 Å². The largest absolute Gasteiger partial charge is 0.493 e. The number of nitrogens with one attached hydrogen (secondary N) is 1. The van der Waals surface area contributed by atoms with Gasteiger partial charge in [-0.1, -0.05) is 37.0 Å². The van der Waals surface area contributed by atoms with Crippen molar-refractivity contribution < 1.29 is 9.47 Å². The first kappa shape index (κ1) is 21.1. The van der Waals surface area contributed by atoms with Gasteiger partial charge in [0.05, 0.1) is 17.2 Å². The summed E-state index contributed by atoms with van der Waals surface area (Å²) in [5.41, 5.74) is 7.94. The monoisotopic (exact) mass is 383 g/mol. The minimum absolute atomic E-state index is 0.336. The van der Waals surface area contributed by atoms with Crippen molar-refractivity contribution in [3.63, 3.8) is 0 Å². The highest BCUT2D eigenvalue weighted by Gasteiger charge is 2.19. The molecule has 1 aromatic heterocycles. The second-order valence-corrected chi connectivity index (χ2v) is 5.81. The van der Waals surface area contributed by atoms with Gasteiger partial charge in [-0.15, -0.1) is 0 Å². The van der Waals surface area contributed by atoms with Crippen LogP contribution in [-0.2, 0) is 0 Å². The zero-order chi connectivity index (χ0) is 19.1. The minimum Gasteiger partial charge on any atom is -0.493 e. The molecule has 0 amide bonds. The summed E-state index contributed by atoms with van der Waals surface area (Å²) in [6, 6.07) is 3.31. The number of nitrogen functional groups attached to an aromatic ring is 1. The van der Waals surface area contributed by atoms with Crippen LogP contribution in [0.5, 0.6) is 11.5 Å². The summed E-state index contributed by atoms with van der Waals surface area (Å²) in [7, 11) is 1.52. The third-order valence-corrected chi connectivity index (χ3v) is 3.94. The second kappa shape index (κ2) is 9.49. The lowest BCUT2D eigenvalue weighted by atomic mass is 10.1. The third kappa shape index (κ3) is 5.00. The molecule has 7 heteroatoms. The highest BCUT2D eigenvalue weighted by Crippen LogP contribution is 2.38. The predicted molar refractivity (Wildman–Crippen MR) is 105 cm³/mol. The maximum absolute atomic E-state index is 7.79. The van der Waals surface area contributed by atoms with Gasteiger partial charge in [0, 0.05) is 41.0 Å². The molecule has 0 bridgehead atoms. The molecule has 0 unspecified atom stereocenters. The maximum atomic E-state index is 7.79. The predicted octanol–water partition coefficient (Wildman–Crippen LogP) is 5.53. The second-order valence-electron chi connectivity index (χ2n) is 4.99. The van der Waals surface area contributed by atoms with Crippen molar-refractivity contribution in [3.05, 3.63) is 45.7 Å². The Bertz CT molecular complexity index is 731. The molecule has 0 saturated carbocycles. The highest BCUT2D eigenvalue weighted by molar-refractivity contribution is 6.35. The van der Waals surface area contributed by atoms with E-state index in [1.807, 2.05) is 20.8 Å². The number of nitrogens with two attached hydrogens (primary N) is 1. The summed E-state index contributed by atoms with van der Waals surface area (Å²) in [5, 5.41) is 8.63. The Hall–Kier alpha value is -1.98. The maximum Gasteiger partial charge on any atom is 0.162 e. The lowest BCUT2D eigenvalue weighted by Crippen LogP contribution is -2.08. The number of rotatable bonds is 5. The summed E-state index contributed by atoms with van der Waals surface area (Å²) in [6.45, 7) is 7.47. The van der Waals surface area contributed by atoms with Crippen LogP contribution in [0.15, 0.2) is 24.5 Å². The van der Waals surface area contributed by atoms with E-state index in [1.54, 1.807) is 19.1 Å². The van der Waals surface area contributed by atoms with E-state index >= 15 is 0 Å². The quantitative estimate of drug-likeness (QED) is 0.524. The molecular formula is C18H23Cl2N3O2. The minimum atomic E-state index is -0.436. The van der Waals surface area contributed by atoms with E-state index in [1.165, 1.54) is 19.5 Å². The van der Waals surface area contributed by atoms with Crippen LogP contribution in [0.3, 0.4) is 0 Å². The van der Waals surface area contributed by atoms with E-state index in [0.29, 0.717) is 44.1 Å². The first-order valence-electron chi connectivity index (χ1n) is 7.83. The fourth-order valence-corrected chi connectivity index (χ4v) is 2.88. The number of hydrogen-bond acceptors (Lipinski definition) is 5. The van der Waals surface area contributed by atoms with Crippen molar-refractivity contribution in [2.75, 3.05) is 12.8 Å². The fourth-order valence-electron chi connectivity index (χ4n) is 2.21. The van der Waals surface area contributed by atoms with Gasteiger partial charge in [0.25, 0.3) is 0 Å². The molecule has 1 heterocycles. The van der Waals surface area contributed by atoms with Crippen LogP contribution < -0.4 is 15.2 Å². The van der Waals surface area contributed by atoms with Crippen molar-refractivity contribution in [2.45, 2.75) is 33.8 Å². The molecule has 0 radical (unpaired) electrons. The lowest BCUT2D eigenvalue weighted by Gasteiger charge is -2.20. The molecule has 0 spiro atoms. The van der Waals surface area contributed by atoms with Crippen LogP contribution in [0.4, 0.5) is 5.69 Å². The number of anilines is 1. The first-order valence-corrected chi connectivity index (χ1v) is 8.59. The number of halogens is 2. The van der Waals surface area contributed by atoms with Crippen LogP contribution in [0.25, 0.3) is 0 Å². The summed E-state index contributed by atoms with van der Waals surface area (Å²) >= 11 is 12.3. The average molecular weight is 384 g/mol. The molecule has 25 heavy (non-hydrogen) atoms. The van der Waals surface area contributed by atoms with Crippen molar-refractivity contribution in [1.29, 1.82) is 5.41 Å². The summed E-state index contributed by atoms with van der Waals surface area (Å²) < 4.78 is 11.3. The number of pyridine rings is 1. The van der Waals surface area contributed by atoms with E-state index < -0.39 is 6.10 Å². The lowest BCUT2D eigenvalue weighted by molar-refractivity contribution is 0.216. The molecule has 0 aliphatic heterocycles. The normalized spacial score (nSPS) is 11.2. The van der Waals surface area contributed by atoms with Gasteiger partial charge < -0.3 is 20.6 Å². The van der Waals surface area contributed by atoms with Gasteiger partial charge in [0.2, 0.25) is 0 Å². The number of aromatic nitrogens is 1. The van der Waals surface area contributed by atoms with E-state index in [4.69, 9.17) is 43.8 Å². The Kier molecular flexibility index (Phi) is 8.00. The molecule has 2 aromatic rings. The number of benzene rings is 1. The van der Waals surface area contributed by atoms with Gasteiger partial charge >= 0.3 is 0 Å². The molecule has 0 aliphatic rings. The SMILES string of the molecule is CC.COc1cc(N)c(C(C)=N)cc1O[C@H](C)c1c(Cl)cncc1Cl. The Morgan fingerprint density at radius 1 is 1.16 bits per heavy atom. The van der Waals surface area contributed by atoms with E-state index in [2.05, 4.69) is 4.98 Å². The van der Waals surface area contributed by atoms with Crippen molar-refractivity contribution in [3.8, 4) is 11.5 Å². The number of hydrogen-bond donors (Lipinski definition) is 2. The molecule has 5 nitrogen and oxygen atoms in total. The number of nitrogens with zero attached hydrogens (tertiary/aromatic N) is 1. The van der Waals surface area contributed by atoms with Crippen LogP contribution in [0.1, 0.15) is 44.9 Å². The fraction of sp³-hybridized carbons (Fsp3) is 0.333. The molecular weight excluding hydrogens is 361 g/mol. The molecule has 0 fully saturated rings. The van der Waals surface area contributed by atoms with Crippen molar-refractivity contribution in [2.24, 2.45) is 0 Å². The standard InChI is InChI=1S/C16H17Cl2N3O2.C2H6/c1-8(19)10-4-15(14(22-3)5-13(10)20)23-9(2)16-11(17)6-21-7-12(16)18;1-2/h4-7,9,19H,20H2,1-3H3;1-2H3/t9-;/m1./s1. The molecule has 1 aromatic carbocycles. The first-order chi connectivity index (χ1) is 11.8. The van der Waals surface area contributed by atoms with Gasteiger partial charge in [-0.05, 0) is 19.9 Å². The van der Waals surface area contributed by atoms with Gasteiger partial charge in [-0.25, -0.2) is 0 Å². The zero-order valence-corrected chi connectivity index (χ0v) is 16.5. The Morgan fingerprint density at radius 2 is 1.72 bits per heavy atom. The van der Waals surface area contributed by atoms with Crippen LogP contribution in [-0.4, -0.2) is 17.8 Å². The summed E-state index contributed by atoms with van der Waals surface area (Å²) in [5.74, 6) is 0.931. The Morgan fingerprint density at radius 3 is 2.20 bits per heavy atom. The van der Waals surface area contributed by atoms with Gasteiger partial charge in [-0.2, -0.15) is 0 Å². The van der Waals surface area contributed by atoms with Crippen molar-refractivity contribution >= 4 is 34.6 Å². The summed E-state index contributed by atoms with van der Waals surface area (Å²) in [4.78, 5) is 3.93. The highest BCUT2D eigenvalue weighted by atomic mass is 35.5. The van der Waals surface area contributed by atoms with Gasteiger partial charge in [0.15, 0.2) is 11.5 Å². The number of ether oxygens (including phenoxy) is 2. The smallest absolute Gasteiger partial charge is 0.162 e. The Balaban J connectivity index is 0.00000151. The van der Waals surface area contributed by atoms with E-state index in [-0.39, 0.29) is 0 Å². The molecule has 3 N–H and O–H groups in total. The molecule has 136 valence electrons.